The van der Waals surface area contributed by atoms with Crippen LogP contribution >= 0.6 is 23.2 Å². The first-order valence-electron chi connectivity index (χ1n) is 9.65. The molecule has 6 aromatic rings. The number of Topliss-reactive ketones (excluding diaryl/α,β-unsaturated/α-hetero) is 1. The molecule has 4 aromatic heterocycles. The quantitative estimate of drug-likeness (QED) is 0.391. The van der Waals surface area contributed by atoms with E-state index in [0.29, 0.717) is 43.1 Å². The van der Waals surface area contributed by atoms with E-state index < -0.39 is 0 Å². The number of halogens is 2. The molecule has 0 aliphatic rings. The lowest BCUT2D eigenvalue weighted by atomic mass is 10.2. The number of ketones is 1. The van der Waals surface area contributed by atoms with Crippen molar-refractivity contribution in [2.75, 3.05) is 0 Å². The normalized spacial score (nSPS) is 11.8. The maximum atomic E-state index is 12.9. The summed E-state index contributed by atoms with van der Waals surface area (Å²) in [6.45, 7) is -0.0846. The van der Waals surface area contributed by atoms with Crippen LogP contribution in [0.1, 0.15) is 0 Å². The number of benzene rings is 2. The minimum atomic E-state index is -0.169. The van der Waals surface area contributed by atoms with E-state index in [9.17, 15) is 4.79 Å². The average molecular weight is 463 g/mol. The number of hydrogen-bond donors (Lipinski definition) is 0. The second-order valence-electron chi connectivity index (χ2n) is 7.30. The minimum absolute atomic E-state index is 0.0423. The van der Waals surface area contributed by atoms with Crippen molar-refractivity contribution >= 4 is 72.9 Å². The molecule has 0 saturated carbocycles. The van der Waals surface area contributed by atoms with Gasteiger partial charge in [0.2, 0.25) is 0 Å². The van der Waals surface area contributed by atoms with Crippen LogP contribution in [0.4, 0.5) is 0 Å². The Balaban J connectivity index is 1.36. The van der Waals surface area contributed by atoms with Crippen LogP contribution in [0.5, 0.6) is 0 Å². The Hall–Kier alpha value is -3.69. The van der Waals surface area contributed by atoms with Gasteiger partial charge in [-0.3, -0.25) is 14.8 Å². The van der Waals surface area contributed by atoms with Crippen LogP contribution in [0.3, 0.4) is 0 Å². The summed E-state index contributed by atoms with van der Waals surface area (Å²) in [7, 11) is 0. The lowest BCUT2D eigenvalue weighted by Gasteiger charge is -2.07. The van der Waals surface area contributed by atoms with Crippen molar-refractivity contribution in [3.8, 4) is 0 Å². The highest BCUT2D eigenvalue weighted by Gasteiger charge is 2.18. The van der Waals surface area contributed by atoms with Crippen molar-refractivity contribution < 1.29 is 4.79 Å². The number of carbonyl (C=O) groups is 1. The lowest BCUT2D eigenvalue weighted by molar-refractivity contribution is -0.120. The van der Waals surface area contributed by atoms with E-state index in [0.717, 1.165) is 10.8 Å². The van der Waals surface area contributed by atoms with E-state index in [1.54, 1.807) is 12.4 Å². The molecule has 0 spiro atoms. The number of aromatic nitrogens is 8. The van der Waals surface area contributed by atoms with Crippen LogP contribution in [0, 0.1) is 0 Å². The van der Waals surface area contributed by atoms with E-state index in [-0.39, 0.29) is 18.9 Å². The fourth-order valence-corrected chi connectivity index (χ4v) is 4.56. The zero-order valence-corrected chi connectivity index (χ0v) is 17.8. The molecule has 9 nitrogen and oxygen atoms in total. The summed E-state index contributed by atoms with van der Waals surface area (Å²) in [5.74, 6) is -0.169. The first-order chi connectivity index (χ1) is 15.6. The highest BCUT2D eigenvalue weighted by molar-refractivity contribution is 6.40. The minimum Gasteiger partial charge on any atom is -0.296 e. The SMILES string of the molecule is O=C(Cn1nnc2cc3cccnc3c(Cl)c21)Cn1nnc2cc3cccnc3c(Cl)c21. The molecule has 6 rings (SSSR count). The zero-order chi connectivity index (χ0) is 21.8. The van der Waals surface area contributed by atoms with Gasteiger partial charge in [-0.1, -0.05) is 45.8 Å². The Morgan fingerprint density at radius 3 is 1.72 bits per heavy atom. The third-order valence-corrected chi connectivity index (χ3v) is 5.98. The largest absolute Gasteiger partial charge is 0.296 e. The van der Waals surface area contributed by atoms with Gasteiger partial charge >= 0.3 is 0 Å². The van der Waals surface area contributed by atoms with Gasteiger partial charge in [0.25, 0.3) is 0 Å². The highest BCUT2D eigenvalue weighted by atomic mass is 35.5. The van der Waals surface area contributed by atoms with Crippen molar-refractivity contribution in [1.82, 2.24) is 40.0 Å². The Bertz CT molecular complexity index is 1570. The molecule has 0 aliphatic carbocycles. The molecule has 32 heavy (non-hydrogen) atoms. The number of fused-ring (bicyclic) bond motifs is 4. The van der Waals surface area contributed by atoms with Gasteiger partial charge < -0.3 is 0 Å². The second-order valence-corrected chi connectivity index (χ2v) is 8.06. The predicted octanol–water partition coefficient (Wildman–Crippen LogP) is 3.85. The summed E-state index contributed by atoms with van der Waals surface area (Å²) in [5, 5.41) is 19.1. The van der Waals surface area contributed by atoms with Crippen LogP contribution in [0.25, 0.3) is 43.9 Å². The fraction of sp³-hybridized carbons (Fsp3) is 0.0952. The topological polar surface area (TPSA) is 104 Å². The number of pyridine rings is 2. The summed E-state index contributed by atoms with van der Waals surface area (Å²) in [6.07, 6.45) is 3.33. The van der Waals surface area contributed by atoms with Crippen molar-refractivity contribution in [3.05, 3.63) is 58.8 Å². The van der Waals surface area contributed by atoms with E-state index >= 15 is 0 Å². The van der Waals surface area contributed by atoms with Crippen molar-refractivity contribution in [2.24, 2.45) is 0 Å². The number of hydrogen-bond acceptors (Lipinski definition) is 7. The van der Waals surface area contributed by atoms with Gasteiger partial charge in [-0.2, -0.15) is 0 Å². The molecular formula is C21H12Cl2N8O. The van der Waals surface area contributed by atoms with E-state index in [4.69, 9.17) is 23.2 Å². The van der Waals surface area contributed by atoms with Gasteiger partial charge in [0, 0.05) is 23.2 Å². The lowest BCUT2D eigenvalue weighted by Crippen LogP contribution is -2.18. The fourth-order valence-electron chi connectivity index (χ4n) is 3.86. The van der Waals surface area contributed by atoms with Crippen LogP contribution < -0.4 is 0 Å². The molecule has 0 radical (unpaired) electrons. The molecule has 0 amide bonds. The Labute approximate surface area is 189 Å². The summed E-state index contributed by atoms with van der Waals surface area (Å²) in [4.78, 5) is 21.6. The third-order valence-electron chi connectivity index (χ3n) is 5.27. The summed E-state index contributed by atoms with van der Waals surface area (Å²) in [6, 6.07) is 11.1. The average Bonchev–Trinajstić information content (AvgIpc) is 3.38. The molecule has 156 valence electrons. The zero-order valence-electron chi connectivity index (χ0n) is 16.3. The first kappa shape index (κ1) is 19.0. The van der Waals surface area contributed by atoms with Crippen LogP contribution in [-0.2, 0) is 17.9 Å². The molecule has 0 saturated heterocycles. The monoisotopic (exact) mass is 462 g/mol. The maximum Gasteiger partial charge on any atom is 0.175 e. The summed E-state index contributed by atoms with van der Waals surface area (Å²) >= 11 is 13.1. The molecule has 0 fully saturated rings. The van der Waals surface area contributed by atoms with E-state index in [1.165, 1.54) is 9.36 Å². The molecule has 0 bridgehead atoms. The Kier molecular flexibility index (Phi) is 4.27. The van der Waals surface area contributed by atoms with Gasteiger partial charge in [0.1, 0.15) is 35.2 Å². The summed E-state index contributed by atoms with van der Waals surface area (Å²) < 4.78 is 2.96. The van der Waals surface area contributed by atoms with Gasteiger partial charge in [-0.15, -0.1) is 10.2 Å². The standard InChI is InChI=1S/C21H12Cl2N8O/c22-16-18-11(3-1-5-24-18)7-14-20(16)30(28-26-14)9-13(32)10-31-21-15(27-29-31)8-12-4-2-6-25-19(12)17(21)23/h1-8H,9-10H2. The van der Waals surface area contributed by atoms with E-state index in [1.807, 2.05) is 36.4 Å². The maximum absolute atomic E-state index is 12.9. The first-order valence-corrected chi connectivity index (χ1v) is 10.4. The van der Waals surface area contributed by atoms with E-state index in [2.05, 4.69) is 30.6 Å². The van der Waals surface area contributed by atoms with Crippen molar-refractivity contribution in [3.63, 3.8) is 0 Å². The van der Waals surface area contributed by atoms with Crippen molar-refractivity contribution in [2.45, 2.75) is 13.1 Å². The molecule has 4 heterocycles. The molecule has 0 N–H and O–H groups in total. The van der Waals surface area contributed by atoms with Gasteiger partial charge in [0.05, 0.1) is 21.1 Å². The van der Waals surface area contributed by atoms with Gasteiger partial charge in [0.15, 0.2) is 5.78 Å². The molecule has 0 atom stereocenters. The number of nitrogens with zero attached hydrogens (tertiary/aromatic N) is 8. The second kappa shape index (κ2) is 7.18. The molecule has 0 unspecified atom stereocenters. The predicted molar refractivity (Wildman–Crippen MR) is 121 cm³/mol. The third kappa shape index (κ3) is 2.89. The van der Waals surface area contributed by atoms with Gasteiger partial charge in [-0.05, 0) is 24.3 Å². The van der Waals surface area contributed by atoms with Crippen LogP contribution in [-0.4, -0.2) is 45.7 Å². The highest BCUT2D eigenvalue weighted by Crippen LogP contribution is 2.31. The summed E-state index contributed by atoms with van der Waals surface area (Å²) in [5.41, 5.74) is 3.56. The Morgan fingerprint density at radius 2 is 1.25 bits per heavy atom. The van der Waals surface area contributed by atoms with Crippen molar-refractivity contribution in [1.29, 1.82) is 0 Å². The van der Waals surface area contributed by atoms with Crippen LogP contribution in [0.15, 0.2) is 48.8 Å². The molecular weight excluding hydrogens is 451 g/mol. The molecule has 2 aromatic carbocycles. The molecule has 0 aliphatic heterocycles. The Morgan fingerprint density at radius 1 is 0.781 bits per heavy atom. The van der Waals surface area contributed by atoms with Crippen LogP contribution in [0.2, 0.25) is 10.0 Å². The molecule has 11 heteroatoms. The number of carbonyl (C=O) groups excluding carboxylic acids is 1. The smallest absolute Gasteiger partial charge is 0.175 e. The van der Waals surface area contributed by atoms with Gasteiger partial charge in [-0.25, -0.2) is 9.36 Å². The number of rotatable bonds is 4.